The first-order valence-corrected chi connectivity index (χ1v) is 6.92. The summed E-state index contributed by atoms with van der Waals surface area (Å²) in [5.74, 6) is 1.14. The van der Waals surface area contributed by atoms with Crippen LogP contribution in [-0.2, 0) is 4.79 Å². The molecule has 1 heterocycles. The number of nitrogens with zero attached hydrogens (tertiary/aromatic N) is 2. The van der Waals surface area contributed by atoms with Gasteiger partial charge in [-0.15, -0.1) is 0 Å². The molecule has 1 aliphatic rings. The lowest BCUT2D eigenvalue weighted by Crippen LogP contribution is -2.43. The van der Waals surface area contributed by atoms with E-state index < -0.39 is 0 Å². The van der Waals surface area contributed by atoms with E-state index in [2.05, 4.69) is 37.7 Å². The van der Waals surface area contributed by atoms with Crippen molar-refractivity contribution in [3.8, 4) is 0 Å². The lowest BCUT2D eigenvalue weighted by Gasteiger charge is -2.26. The third kappa shape index (κ3) is 5.17. The van der Waals surface area contributed by atoms with E-state index in [1.54, 1.807) is 0 Å². The first-order chi connectivity index (χ1) is 8.00. The minimum atomic E-state index is 0.120. The predicted octanol–water partition coefficient (Wildman–Crippen LogP) is 2.02. The second kappa shape index (κ2) is 7.12. The summed E-state index contributed by atoms with van der Waals surface area (Å²) in [6, 6.07) is 0.120. The van der Waals surface area contributed by atoms with Gasteiger partial charge in [0, 0.05) is 13.0 Å². The molecule has 0 radical (unpaired) electrons. The van der Waals surface area contributed by atoms with Crippen LogP contribution in [0.1, 0.15) is 39.5 Å². The maximum absolute atomic E-state index is 12.2. The molecule has 0 aliphatic carbocycles. The maximum Gasteiger partial charge on any atom is 0.151 e. The Morgan fingerprint density at radius 1 is 1.29 bits per heavy atom. The van der Waals surface area contributed by atoms with E-state index in [4.69, 9.17) is 0 Å². The van der Waals surface area contributed by atoms with Crippen LogP contribution < -0.4 is 0 Å². The van der Waals surface area contributed by atoms with Gasteiger partial charge >= 0.3 is 0 Å². The lowest BCUT2D eigenvalue weighted by molar-refractivity contribution is -0.124. The molecule has 0 aromatic heterocycles. The summed E-state index contributed by atoms with van der Waals surface area (Å²) in [6.07, 6.45) is 4.13. The summed E-state index contributed by atoms with van der Waals surface area (Å²) in [4.78, 5) is 16.7. The van der Waals surface area contributed by atoms with Gasteiger partial charge in [0.1, 0.15) is 0 Å². The number of hydrogen-bond donors (Lipinski definition) is 0. The van der Waals surface area contributed by atoms with Crippen molar-refractivity contribution in [1.29, 1.82) is 0 Å². The molecule has 1 aliphatic heterocycles. The van der Waals surface area contributed by atoms with E-state index in [-0.39, 0.29) is 6.04 Å². The van der Waals surface area contributed by atoms with Gasteiger partial charge in [-0.1, -0.05) is 20.3 Å². The van der Waals surface area contributed by atoms with Crippen LogP contribution in [0.4, 0.5) is 0 Å². The van der Waals surface area contributed by atoms with Crippen molar-refractivity contribution in [2.75, 3.05) is 33.7 Å². The van der Waals surface area contributed by atoms with E-state index in [1.807, 2.05) is 0 Å². The van der Waals surface area contributed by atoms with Crippen LogP contribution in [0, 0.1) is 5.92 Å². The topological polar surface area (TPSA) is 23.6 Å². The van der Waals surface area contributed by atoms with Crippen LogP contribution in [0.2, 0.25) is 0 Å². The van der Waals surface area contributed by atoms with Gasteiger partial charge < -0.3 is 4.90 Å². The molecule has 100 valence electrons. The Morgan fingerprint density at radius 2 is 2.00 bits per heavy atom. The molecule has 0 bridgehead atoms. The molecule has 0 N–H and O–H groups in total. The minimum Gasteiger partial charge on any atom is -0.304 e. The van der Waals surface area contributed by atoms with Crippen molar-refractivity contribution >= 4 is 5.78 Å². The van der Waals surface area contributed by atoms with Crippen molar-refractivity contribution in [3.05, 3.63) is 0 Å². The molecule has 1 atom stereocenters. The van der Waals surface area contributed by atoms with Gasteiger partial charge in [0.15, 0.2) is 5.78 Å². The van der Waals surface area contributed by atoms with Crippen molar-refractivity contribution in [3.63, 3.8) is 0 Å². The summed E-state index contributed by atoms with van der Waals surface area (Å²) in [7, 11) is 4.21. The van der Waals surface area contributed by atoms with Crippen LogP contribution >= 0.6 is 0 Å². The number of likely N-dealkylation sites (N-methyl/N-ethyl adjacent to an activating group) is 2. The number of carbonyl (C=O) groups excluding carboxylic acids is 1. The van der Waals surface area contributed by atoms with E-state index in [1.165, 1.54) is 6.42 Å². The van der Waals surface area contributed by atoms with Gasteiger partial charge in [-0.3, -0.25) is 9.69 Å². The highest BCUT2D eigenvalue weighted by atomic mass is 16.1. The third-order valence-electron chi connectivity index (χ3n) is 3.64. The predicted molar refractivity (Wildman–Crippen MR) is 72.2 cm³/mol. The molecule has 1 unspecified atom stereocenters. The Bertz CT molecular complexity index is 240. The van der Waals surface area contributed by atoms with Gasteiger partial charge in [0.2, 0.25) is 0 Å². The van der Waals surface area contributed by atoms with Gasteiger partial charge in [-0.25, -0.2) is 0 Å². The number of hydrogen-bond acceptors (Lipinski definition) is 3. The Kier molecular flexibility index (Phi) is 6.14. The highest BCUT2D eigenvalue weighted by molar-refractivity contribution is 5.84. The Balaban J connectivity index is 2.42. The Morgan fingerprint density at radius 3 is 2.65 bits per heavy atom. The number of Topliss-reactive ketones (excluding diaryl/α,β-unsaturated/α-hetero) is 1. The average molecular weight is 240 g/mol. The van der Waals surface area contributed by atoms with E-state index in [9.17, 15) is 4.79 Å². The number of ketones is 1. The van der Waals surface area contributed by atoms with Crippen LogP contribution in [0.25, 0.3) is 0 Å². The maximum atomic E-state index is 12.2. The Hall–Kier alpha value is -0.410. The summed E-state index contributed by atoms with van der Waals surface area (Å²) in [5.41, 5.74) is 0. The lowest BCUT2D eigenvalue weighted by atomic mass is 10.0. The minimum absolute atomic E-state index is 0.120. The quantitative estimate of drug-likeness (QED) is 0.734. The van der Waals surface area contributed by atoms with Crippen LogP contribution in [0.5, 0.6) is 0 Å². The fourth-order valence-electron chi connectivity index (χ4n) is 2.47. The van der Waals surface area contributed by atoms with Crippen LogP contribution in [0.3, 0.4) is 0 Å². The summed E-state index contributed by atoms with van der Waals surface area (Å²) < 4.78 is 0. The standard InChI is InChI=1S/C14H28N2O/c1-12(2)7-5-8-14(17)13-11-15(3)9-6-10-16(13)4/h12-13H,5-11H2,1-4H3. The zero-order chi connectivity index (χ0) is 12.8. The van der Waals surface area contributed by atoms with Crippen LogP contribution in [0.15, 0.2) is 0 Å². The molecular formula is C14H28N2O. The molecule has 0 amide bonds. The first kappa shape index (κ1) is 14.7. The molecule has 0 aromatic carbocycles. The molecule has 17 heavy (non-hydrogen) atoms. The largest absolute Gasteiger partial charge is 0.304 e. The third-order valence-corrected chi connectivity index (χ3v) is 3.64. The fraction of sp³-hybridized carbons (Fsp3) is 0.929. The highest BCUT2D eigenvalue weighted by Gasteiger charge is 2.26. The van der Waals surface area contributed by atoms with Gasteiger partial charge in [0.25, 0.3) is 0 Å². The second-order valence-corrected chi connectivity index (χ2v) is 5.86. The second-order valence-electron chi connectivity index (χ2n) is 5.86. The SMILES string of the molecule is CC(C)CCCC(=O)C1CN(C)CCCN1C. The summed E-state index contributed by atoms with van der Waals surface area (Å²) in [6.45, 7) is 7.49. The first-order valence-electron chi connectivity index (χ1n) is 6.92. The molecule has 1 rings (SSSR count). The smallest absolute Gasteiger partial charge is 0.151 e. The zero-order valence-corrected chi connectivity index (χ0v) is 11.9. The van der Waals surface area contributed by atoms with E-state index in [0.29, 0.717) is 11.7 Å². The molecule has 0 aromatic rings. The zero-order valence-electron chi connectivity index (χ0n) is 11.9. The molecule has 0 spiro atoms. The molecule has 0 saturated carbocycles. The van der Waals surface area contributed by atoms with E-state index >= 15 is 0 Å². The van der Waals surface area contributed by atoms with Crippen LogP contribution in [-0.4, -0.2) is 55.4 Å². The van der Waals surface area contributed by atoms with Crippen molar-refractivity contribution in [2.24, 2.45) is 5.92 Å². The molecule has 3 nitrogen and oxygen atoms in total. The normalized spacial score (nSPS) is 23.9. The highest BCUT2D eigenvalue weighted by Crippen LogP contribution is 2.13. The van der Waals surface area contributed by atoms with E-state index in [0.717, 1.165) is 38.9 Å². The van der Waals surface area contributed by atoms with Crippen molar-refractivity contribution < 1.29 is 4.79 Å². The fourth-order valence-corrected chi connectivity index (χ4v) is 2.47. The Labute approximate surface area is 106 Å². The van der Waals surface area contributed by atoms with Gasteiger partial charge in [-0.05, 0) is 45.9 Å². The number of rotatable bonds is 5. The monoisotopic (exact) mass is 240 g/mol. The molecule has 1 saturated heterocycles. The molecule has 1 fully saturated rings. The van der Waals surface area contributed by atoms with Crippen molar-refractivity contribution in [2.45, 2.75) is 45.6 Å². The van der Waals surface area contributed by atoms with Gasteiger partial charge in [0.05, 0.1) is 6.04 Å². The summed E-state index contributed by atoms with van der Waals surface area (Å²) >= 11 is 0. The summed E-state index contributed by atoms with van der Waals surface area (Å²) in [5, 5.41) is 0. The van der Waals surface area contributed by atoms with Gasteiger partial charge in [-0.2, -0.15) is 0 Å². The average Bonchev–Trinajstić information content (AvgIpc) is 2.40. The molecular weight excluding hydrogens is 212 g/mol. The number of carbonyl (C=O) groups is 1. The molecule has 3 heteroatoms. The van der Waals surface area contributed by atoms with Crippen molar-refractivity contribution in [1.82, 2.24) is 9.80 Å².